The number of alkyl halides is 1. The highest BCUT2D eigenvalue weighted by atomic mass is 79.9. The molecule has 3 nitrogen and oxygen atoms in total. The summed E-state index contributed by atoms with van der Waals surface area (Å²) < 4.78 is 36.3. The molecule has 0 heterocycles. The van der Waals surface area contributed by atoms with Gasteiger partial charge in [-0.05, 0) is 23.6 Å². The molecule has 0 spiro atoms. The zero-order valence-corrected chi connectivity index (χ0v) is 12.9. The van der Waals surface area contributed by atoms with Crippen LogP contribution >= 0.6 is 15.9 Å². The highest BCUT2D eigenvalue weighted by Gasteiger charge is 2.24. The molecule has 1 aromatic rings. The molecule has 0 aliphatic rings. The van der Waals surface area contributed by atoms with Crippen LogP contribution < -0.4 is 5.14 Å². The minimum absolute atomic E-state index is 0.0282. The number of nitrogens with two attached hydrogens (primary N) is 1. The monoisotopic (exact) mass is 337 g/mol. The van der Waals surface area contributed by atoms with Gasteiger partial charge in [0.2, 0.25) is 10.0 Å². The zero-order chi connectivity index (χ0) is 14.1. The van der Waals surface area contributed by atoms with Gasteiger partial charge >= 0.3 is 0 Å². The van der Waals surface area contributed by atoms with E-state index in [1.807, 2.05) is 20.8 Å². The summed E-state index contributed by atoms with van der Waals surface area (Å²) in [4.78, 5) is -0.110. The molecule has 0 fully saturated rings. The Morgan fingerprint density at radius 3 is 2.17 bits per heavy atom. The molecule has 18 heavy (non-hydrogen) atoms. The Kier molecular flexibility index (Phi) is 4.91. The molecule has 0 aromatic heterocycles. The van der Waals surface area contributed by atoms with Gasteiger partial charge in [-0.2, -0.15) is 0 Å². The van der Waals surface area contributed by atoms with Gasteiger partial charge in [-0.25, -0.2) is 17.9 Å². The summed E-state index contributed by atoms with van der Waals surface area (Å²) in [6.07, 6.45) is 0. The van der Waals surface area contributed by atoms with Crippen LogP contribution in [-0.4, -0.2) is 13.2 Å². The van der Waals surface area contributed by atoms with Crippen LogP contribution in [0.3, 0.4) is 0 Å². The van der Waals surface area contributed by atoms with Crippen molar-refractivity contribution in [2.45, 2.75) is 36.4 Å². The normalized spacial score (nSPS) is 15.7. The van der Waals surface area contributed by atoms with E-state index in [4.69, 9.17) is 5.14 Å². The Hall–Kier alpha value is -0.460. The molecule has 1 rings (SSSR count). The van der Waals surface area contributed by atoms with Gasteiger partial charge in [0.25, 0.3) is 0 Å². The van der Waals surface area contributed by atoms with Crippen LogP contribution in [0.5, 0.6) is 0 Å². The van der Waals surface area contributed by atoms with Crippen molar-refractivity contribution in [2.24, 2.45) is 11.1 Å². The van der Waals surface area contributed by atoms with Gasteiger partial charge in [0.05, 0.1) is 4.90 Å². The van der Waals surface area contributed by atoms with Gasteiger partial charge in [-0.1, -0.05) is 42.8 Å². The van der Waals surface area contributed by atoms with Crippen LogP contribution in [0.25, 0.3) is 0 Å². The summed E-state index contributed by atoms with van der Waals surface area (Å²) in [5.41, 5.74) is 0.502. The molecule has 0 radical (unpaired) electrons. The number of benzene rings is 1. The standard InChI is InChI=1S/C12H17BrFNO2S/c1-7(2)12(8(3)13)10-5-4-9(6-11(10)14)18(15,16)17/h4-8,12H,1-3H3,(H2,15,16,17). The lowest BCUT2D eigenvalue weighted by molar-refractivity contribution is 0.471. The van der Waals surface area contributed by atoms with Crippen molar-refractivity contribution in [3.05, 3.63) is 29.6 Å². The van der Waals surface area contributed by atoms with Crippen molar-refractivity contribution in [1.82, 2.24) is 0 Å². The highest BCUT2D eigenvalue weighted by Crippen LogP contribution is 2.34. The van der Waals surface area contributed by atoms with Gasteiger partial charge in [0.1, 0.15) is 5.82 Å². The van der Waals surface area contributed by atoms with E-state index in [-0.39, 0.29) is 21.6 Å². The minimum atomic E-state index is -3.86. The van der Waals surface area contributed by atoms with Gasteiger partial charge in [0.15, 0.2) is 0 Å². The highest BCUT2D eigenvalue weighted by molar-refractivity contribution is 9.09. The van der Waals surface area contributed by atoms with Crippen LogP contribution in [-0.2, 0) is 10.0 Å². The van der Waals surface area contributed by atoms with Crippen molar-refractivity contribution in [2.75, 3.05) is 0 Å². The van der Waals surface area contributed by atoms with E-state index in [0.29, 0.717) is 5.56 Å². The second kappa shape index (κ2) is 5.67. The maximum absolute atomic E-state index is 14.0. The molecule has 2 unspecified atom stereocenters. The van der Waals surface area contributed by atoms with E-state index in [1.165, 1.54) is 12.1 Å². The minimum Gasteiger partial charge on any atom is -0.225 e. The summed E-state index contributed by atoms with van der Waals surface area (Å²) in [5.74, 6) is -0.333. The van der Waals surface area contributed by atoms with E-state index in [0.717, 1.165) is 6.07 Å². The SMILES string of the molecule is CC(C)C(c1ccc(S(N)(=O)=O)cc1F)C(C)Br. The quantitative estimate of drug-likeness (QED) is 0.858. The Bertz CT molecular complexity index is 521. The van der Waals surface area contributed by atoms with Gasteiger partial charge in [0, 0.05) is 10.7 Å². The average molecular weight is 338 g/mol. The number of hydrogen-bond donors (Lipinski definition) is 1. The topological polar surface area (TPSA) is 60.2 Å². The Morgan fingerprint density at radius 2 is 1.83 bits per heavy atom. The number of hydrogen-bond acceptors (Lipinski definition) is 2. The Balaban J connectivity index is 3.28. The fraction of sp³-hybridized carbons (Fsp3) is 0.500. The maximum atomic E-state index is 14.0. The lowest BCUT2D eigenvalue weighted by Crippen LogP contribution is -2.18. The molecular formula is C12H17BrFNO2S. The third-order valence-corrected chi connectivity index (χ3v) is 4.35. The fourth-order valence-electron chi connectivity index (χ4n) is 2.09. The van der Waals surface area contributed by atoms with Gasteiger partial charge < -0.3 is 0 Å². The van der Waals surface area contributed by atoms with Crippen LogP contribution in [0.2, 0.25) is 0 Å². The number of halogens is 2. The fourth-order valence-corrected chi connectivity index (χ4v) is 3.51. The maximum Gasteiger partial charge on any atom is 0.238 e. The molecule has 0 amide bonds. The second-order valence-electron chi connectivity index (χ2n) is 4.68. The zero-order valence-electron chi connectivity index (χ0n) is 10.5. The first-order chi connectivity index (χ1) is 8.14. The molecule has 0 bridgehead atoms. The smallest absolute Gasteiger partial charge is 0.225 e. The van der Waals surface area contributed by atoms with E-state index in [9.17, 15) is 12.8 Å². The molecule has 1 aromatic carbocycles. The number of sulfonamides is 1. The van der Waals surface area contributed by atoms with E-state index in [1.54, 1.807) is 0 Å². The summed E-state index contributed by atoms with van der Waals surface area (Å²) in [6, 6.07) is 3.82. The summed E-state index contributed by atoms with van der Waals surface area (Å²) in [7, 11) is -3.86. The molecule has 2 N–H and O–H groups in total. The van der Waals surface area contributed by atoms with E-state index >= 15 is 0 Å². The average Bonchev–Trinajstić information content (AvgIpc) is 2.18. The number of rotatable bonds is 4. The van der Waals surface area contributed by atoms with Crippen LogP contribution in [0.4, 0.5) is 4.39 Å². The summed E-state index contributed by atoms with van der Waals surface area (Å²) >= 11 is 3.46. The van der Waals surface area contributed by atoms with Crippen LogP contribution in [0.15, 0.2) is 23.1 Å². The van der Waals surface area contributed by atoms with E-state index < -0.39 is 15.8 Å². The molecule has 0 aliphatic heterocycles. The first-order valence-corrected chi connectivity index (χ1v) is 8.07. The number of primary sulfonamides is 1. The van der Waals surface area contributed by atoms with Crippen molar-refractivity contribution in [1.29, 1.82) is 0 Å². The van der Waals surface area contributed by atoms with Crippen LogP contribution in [0.1, 0.15) is 32.3 Å². The predicted molar refractivity (Wildman–Crippen MR) is 73.7 cm³/mol. The van der Waals surface area contributed by atoms with Gasteiger partial charge in [-0.3, -0.25) is 0 Å². The first-order valence-electron chi connectivity index (χ1n) is 5.61. The van der Waals surface area contributed by atoms with Crippen molar-refractivity contribution < 1.29 is 12.8 Å². The lowest BCUT2D eigenvalue weighted by atomic mass is 9.86. The molecule has 2 atom stereocenters. The van der Waals surface area contributed by atoms with Gasteiger partial charge in [-0.15, -0.1) is 0 Å². The predicted octanol–water partition coefficient (Wildman–Crippen LogP) is 3.00. The van der Waals surface area contributed by atoms with Crippen LogP contribution in [0, 0.1) is 11.7 Å². The van der Waals surface area contributed by atoms with Crippen molar-refractivity contribution in [3.8, 4) is 0 Å². The molecule has 0 saturated carbocycles. The second-order valence-corrected chi connectivity index (χ2v) is 7.68. The van der Waals surface area contributed by atoms with Crippen molar-refractivity contribution >= 4 is 26.0 Å². The molecule has 102 valence electrons. The Morgan fingerprint density at radius 1 is 1.28 bits per heavy atom. The third kappa shape index (κ3) is 3.52. The molecule has 0 saturated heterocycles. The largest absolute Gasteiger partial charge is 0.238 e. The third-order valence-electron chi connectivity index (χ3n) is 2.87. The molecule has 0 aliphatic carbocycles. The summed E-state index contributed by atoms with van der Waals surface area (Å²) in [5, 5.41) is 4.97. The first kappa shape index (κ1) is 15.6. The molecule has 6 heteroatoms. The van der Waals surface area contributed by atoms with Crippen molar-refractivity contribution in [3.63, 3.8) is 0 Å². The molecular weight excluding hydrogens is 321 g/mol. The Labute approximate surface area is 116 Å². The lowest BCUT2D eigenvalue weighted by Gasteiger charge is -2.24. The van der Waals surface area contributed by atoms with E-state index in [2.05, 4.69) is 15.9 Å². The summed E-state index contributed by atoms with van der Waals surface area (Å²) in [6.45, 7) is 5.93.